The number of benzene rings is 1. The number of phenols is 1. The summed E-state index contributed by atoms with van der Waals surface area (Å²) in [4.78, 5) is 1.08. The summed E-state index contributed by atoms with van der Waals surface area (Å²) in [5.74, 6) is 0.252. The summed E-state index contributed by atoms with van der Waals surface area (Å²) in [5.41, 5.74) is 6.03. The van der Waals surface area contributed by atoms with Gasteiger partial charge in [-0.3, -0.25) is 0 Å². The first-order valence-electron chi connectivity index (χ1n) is 4.34. The Labute approximate surface area is 123 Å². The van der Waals surface area contributed by atoms with E-state index in [4.69, 9.17) is 5.73 Å². The molecule has 0 fully saturated rings. The van der Waals surface area contributed by atoms with Crippen molar-refractivity contribution in [2.24, 2.45) is 5.10 Å². The van der Waals surface area contributed by atoms with Crippen LogP contribution in [0.1, 0.15) is 5.56 Å². The van der Waals surface area contributed by atoms with Crippen molar-refractivity contribution >= 4 is 57.3 Å². The number of tetrazole rings is 1. The number of rotatable bonds is 2. The predicted molar refractivity (Wildman–Crippen MR) is 78.8 cm³/mol. The summed E-state index contributed by atoms with van der Waals surface area (Å²) in [6.45, 7) is 0. The van der Waals surface area contributed by atoms with Gasteiger partial charge in [0.2, 0.25) is 0 Å². The average molecular weight is 456 g/mol. The summed E-state index contributed by atoms with van der Waals surface area (Å²) < 4.78 is 1.75. The average Bonchev–Trinajstić information content (AvgIpc) is 2.67. The van der Waals surface area contributed by atoms with Crippen molar-refractivity contribution in [2.45, 2.75) is 0 Å². The third-order valence-electron chi connectivity index (χ3n) is 1.84. The van der Waals surface area contributed by atoms with E-state index in [-0.39, 0.29) is 11.7 Å². The van der Waals surface area contributed by atoms with Crippen LogP contribution < -0.4 is 5.73 Å². The first kappa shape index (κ1) is 12.5. The third-order valence-corrected chi connectivity index (χ3v) is 3.29. The zero-order chi connectivity index (χ0) is 12.4. The molecule has 0 aliphatic carbocycles. The number of aromatic nitrogens is 4. The van der Waals surface area contributed by atoms with E-state index in [2.05, 4.69) is 43.2 Å². The highest BCUT2D eigenvalue weighted by Crippen LogP contribution is 2.25. The molecule has 0 spiro atoms. The Morgan fingerprint density at radius 2 is 2.18 bits per heavy atom. The van der Waals surface area contributed by atoms with E-state index in [1.165, 1.54) is 6.21 Å². The lowest BCUT2D eigenvalue weighted by atomic mass is 10.2. The molecular weight excluding hydrogens is 450 g/mol. The van der Waals surface area contributed by atoms with Gasteiger partial charge >= 0.3 is 0 Å². The molecule has 0 aliphatic heterocycles. The van der Waals surface area contributed by atoms with Crippen LogP contribution in [0.4, 0.5) is 5.95 Å². The van der Waals surface area contributed by atoms with Crippen LogP contribution in [0.2, 0.25) is 0 Å². The van der Waals surface area contributed by atoms with Crippen molar-refractivity contribution in [3.05, 3.63) is 24.8 Å². The normalized spacial score (nSPS) is 11.2. The molecule has 0 saturated carbocycles. The summed E-state index contributed by atoms with van der Waals surface area (Å²) in [5, 5.41) is 24.2. The number of nitrogens with zero attached hydrogens (tertiary/aromatic N) is 5. The highest BCUT2D eigenvalue weighted by atomic mass is 127. The topological polar surface area (TPSA) is 102 Å². The van der Waals surface area contributed by atoms with Gasteiger partial charge in [0.05, 0.1) is 9.78 Å². The monoisotopic (exact) mass is 456 g/mol. The van der Waals surface area contributed by atoms with Crippen molar-refractivity contribution in [1.82, 2.24) is 20.3 Å². The van der Waals surface area contributed by atoms with Crippen molar-refractivity contribution in [3.8, 4) is 5.75 Å². The molecule has 2 rings (SSSR count). The Hall–Kier alpha value is -0.980. The molecule has 1 aromatic heterocycles. The Morgan fingerprint density at radius 1 is 1.41 bits per heavy atom. The molecule has 0 amide bonds. The molecule has 0 saturated heterocycles. The highest BCUT2D eigenvalue weighted by molar-refractivity contribution is 14.1. The van der Waals surface area contributed by atoms with Gasteiger partial charge in [0, 0.05) is 9.13 Å². The van der Waals surface area contributed by atoms with E-state index in [0.29, 0.717) is 5.56 Å². The van der Waals surface area contributed by atoms with Crippen LogP contribution in [0.15, 0.2) is 17.2 Å². The molecule has 7 nitrogen and oxygen atoms in total. The molecule has 1 heterocycles. The molecule has 0 aliphatic rings. The molecule has 17 heavy (non-hydrogen) atoms. The van der Waals surface area contributed by atoms with Gasteiger partial charge in [-0.2, -0.15) is 5.10 Å². The van der Waals surface area contributed by atoms with Gasteiger partial charge in [-0.25, -0.2) is 0 Å². The molecule has 0 bridgehead atoms. The highest BCUT2D eigenvalue weighted by Gasteiger charge is 2.05. The van der Waals surface area contributed by atoms with Crippen LogP contribution in [-0.4, -0.2) is 31.6 Å². The molecule has 1 aromatic carbocycles. The van der Waals surface area contributed by atoms with Gasteiger partial charge in [0.1, 0.15) is 5.75 Å². The minimum Gasteiger partial charge on any atom is -0.506 e. The second-order valence-electron chi connectivity index (χ2n) is 3.00. The number of phenolic OH excluding ortho intramolecular Hbond substituents is 1. The molecule has 3 N–H and O–H groups in total. The zero-order valence-electron chi connectivity index (χ0n) is 8.25. The van der Waals surface area contributed by atoms with Crippen LogP contribution in [0.3, 0.4) is 0 Å². The van der Waals surface area contributed by atoms with Crippen LogP contribution >= 0.6 is 45.2 Å². The molecule has 9 heteroatoms. The molecule has 0 unspecified atom stereocenters. The van der Waals surface area contributed by atoms with E-state index in [9.17, 15) is 5.11 Å². The standard InChI is InChI=1S/C8H6I2N6O/c9-5-1-4(7(17)6(10)2-5)3-12-16-8(11)13-14-15-16/h1-3,17H,(H2,11,13,15)/b12-3+. The second-order valence-corrected chi connectivity index (χ2v) is 5.40. The molecular formula is C8H6I2N6O. The maximum absolute atomic E-state index is 9.83. The molecule has 88 valence electrons. The number of nitrogens with two attached hydrogens (primary N) is 1. The lowest BCUT2D eigenvalue weighted by Gasteiger charge is -2.02. The Balaban J connectivity index is 2.37. The van der Waals surface area contributed by atoms with E-state index >= 15 is 0 Å². The Morgan fingerprint density at radius 3 is 2.82 bits per heavy atom. The van der Waals surface area contributed by atoms with Gasteiger partial charge in [-0.05, 0) is 67.7 Å². The predicted octanol–water partition coefficient (Wildman–Crippen LogP) is 1.05. The first-order chi connectivity index (χ1) is 8.08. The second kappa shape index (κ2) is 5.12. The third kappa shape index (κ3) is 2.83. The maximum atomic E-state index is 9.83. The fraction of sp³-hybridized carbons (Fsp3) is 0. The summed E-state index contributed by atoms with van der Waals surface area (Å²) in [6, 6.07) is 3.65. The quantitative estimate of drug-likeness (QED) is 0.520. The number of anilines is 1. The molecule has 0 atom stereocenters. The number of hydrogen-bond donors (Lipinski definition) is 2. The van der Waals surface area contributed by atoms with E-state index < -0.39 is 0 Å². The largest absolute Gasteiger partial charge is 0.506 e. The van der Waals surface area contributed by atoms with Crippen LogP contribution in [0.5, 0.6) is 5.75 Å². The maximum Gasteiger partial charge on any atom is 0.263 e. The fourth-order valence-electron chi connectivity index (χ4n) is 1.07. The summed E-state index contributed by atoms with van der Waals surface area (Å²) in [6.07, 6.45) is 1.45. The van der Waals surface area contributed by atoms with Gasteiger partial charge < -0.3 is 10.8 Å². The van der Waals surface area contributed by atoms with Gasteiger partial charge in [0.15, 0.2) is 0 Å². The van der Waals surface area contributed by atoms with E-state index in [1.54, 1.807) is 6.07 Å². The fourth-order valence-corrected chi connectivity index (χ4v) is 2.96. The summed E-state index contributed by atoms with van der Waals surface area (Å²) >= 11 is 4.21. The van der Waals surface area contributed by atoms with Gasteiger partial charge in [-0.15, -0.1) is 0 Å². The first-order valence-corrected chi connectivity index (χ1v) is 6.50. The number of hydrogen-bond acceptors (Lipinski definition) is 6. The SMILES string of the molecule is Nc1nnnn1/N=C/c1cc(I)cc(I)c1O. The minimum atomic E-state index is 0.0843. The van der Waals surface area contributed by atoms with Crippen molar-refractivity contribution in [1.29, 1.82) is 0 Å². The van der Waals surface area contributed by atoms with Crippen LogP contribution in [-0.2, 0) is 0 Å². The van der Waals surface area contributed by atoms with Crippen LogP contribution in [0.25, 0.3) is 0 Å². The van der Waals surface area contributed by atoms with E-state index in [1.807, 2.05) is 28.7 Å². The lowest BCUT2D eigenvalue weighted by molar-refractivity contribution is 0.470. The van der Waals surface area contributed by atoms with Crippen molar-refractivity contribution in [3.63, 3.8) is 0 Å². The summed E-state index contributed by atoms with van der Waals surface area (Å²) in [7, 11) is 0. The molecule has 2 aromatic rings. The number of aromatic hydroxyl groups is 1. The van der Waals surface area contributed by atoms with Gasteiger partial charge in [-0.1, -0.05) is 9.89 Å². The smallest absolute Gasteiger partial charge is 0.263 e. The Bertz CT molecular complexity index is 581. The lowest BCUT2D eigenvalue weighted by Crippen LogP contribution is -2.00. The molecule has 0 radical (unpaired) electrons. The van der Waals surface area contributed by atoms with E-state index in [0.717, 1.165) is 11.9 Å². The number of halogens is 2. The van der Waals surface area contributed by atoms with Gasteiger partial charge in [0.25, 0.3) is 5.95 Å². The zero-order valence-corrected chi connectivity index (χ0v) is 12.6. The van der Waals surface area contributed by atoms with Crippen molar-refractivity contribution < 1.29 is 5.11 Å². The number of nitrogen functional groups attached to an aromatic ring is 1. The minimum absolute atomic E-state index is 0.0843. The Kier molecular flexibility index (Phi) is 3.76. The van der Waals surface area contributed by atoms with Crippen LogP contribution in [0, 0.1) is 7.14 Å². The van der Waals surface area contributed by atoms with Crippen molar-refractivity contribution in [2.75, 3.05) is 5.73 Å².